The topological polar surface area (TPSA) is 74.6 Å². The molecule has 0 spiro atoms. The first-order valence-electron chi connectivity index (χ1n) is 8.78. The molecule has 2 aliphatic rings. The Labute approximate surface area is 156 Å². The predicted octanol–water partition coefficient (Wildman–Crippen LogP) is 2.36. The third-order valence-electron chi connectivity index (χ3n) is 5.23. The predicted molar refractivity (Wildman–Crippen MR) is 93.4 cm³/mol. The van der Waals surface area contributed by atoms with E-state index in [9.17, 15) is 27.9 Å². The number of piperazine rings is 1. The summed E-state index contributed by atoms with van der Waals surface area (Å²) < 4.78 is 58.3. The molecular formula is C18H17F4N3O3. The van der Waals surface area contributed by atoms with Gasteiger partial charge in [-0.05, 0) is 13.0 Å². The summed E-state index contributed by atoms with van der Waals surface area (Å²) >= 11 is 0. The molecule has 2 aromatic rings. The molecule has 2 N–H and O–H groups in total. The van der Waals surface area contributed by atoms with Crippen LogP contribution in [0.15, 0.2) is 17.1 Å². The Morgan fingerprint density at radius 2 is 2.04 bits per heavy atom. The monoisotopic (exact) mass is 399 g/mol. The third kappa shape index (κ3) is 2.83. The van der Waals surface area contributed by atoms with Crippen molar-refractivity contribution in [3.63, 3.8) is 0 Å². The lowest BCUT2D eigenvalue weighted by molar-refractivity contribution is 0.0692. The summed E-state index contributed by atoms with van der Waals surface area (Å²) in [6.07, 6.45) is 0.116. The maximum Gasteiger partial charge on any atom is 0.341 e. The molecule has 1 aromatic carbocycles. The Morgan fingerprint density at radius 1 is 1.36 bits per heavy atom. The van der Waals surface area contributed by atoms with Crippen LogP contribution < -0.4 is 15.6 Å². The smallest absolute Gasteiger partial charge is 0.341 e. The van der Waals surface area contributed by atoms with Gasteiger partial charge in [0.15, 0.2) is 5.82 Å². The molecule has 10 heteroatoms. The molecule has 2 fully saturated rings. The minimum absolute atomic E-state index is 0.0485. The number of fused-ring (bicyclic) bond motifs is 1. The van der Waals surface area contributed by atoms with E-state index in [0.29, 0.717) is 13.1 Å². The fourth-order valence-corrected chi connectivity index (χ4v) is 3.76. The van der Waals surface area contributed by atoms with Gasteiger partial charge in [-0.1, -0.05) is 0 Å². The Bertz CT molecular complexity index is 1050. The molecule has 6 nitrogen and oxygen atoms in total. The van der Waals surface area contributed by atoms with Gasteiger partial charge in [-0.15, -0.1) is 0 Å². The summed E-state index contributed by atoms with van der Waals surface area (Å²) in [5, 5.41) is 11.8. The number of carboxylic acids is 1. The molecular weight excluding hydrogens is 382 g/mol. The van der Waals surface area contributed by atoms with E-state index in [0.717, 1.165) is 16.8 Å². The summed E-state index contributed by atoms with van der Waals surface area (Å²) in [6.45, 7) is 2.89. The number of carboxylic acid groups (broad SMARTS) is 1. The maximum absolute atomic E-state index is 15.4. The largest absolute Gasteiger partial charge is 0.477 e. The molecule has 1 aromatic heterocycles. The number of rotatable bonds is 3. The number of aromatic nitrogens is 1. The quantitative estimate of drug-likeness (QED) is 0.776. The number of hydrogen-bond acceptors (Lipinski definition) is 4. The lowest BCUT2D eigenvalue weighted by Gasteiger charge is -2.34. The van der Waals surface area contributed by atoms with E-state index in [1.165, 1.54) is 4.90 Å². The summed E-state index contributed by atoms with van der Waals surface area (Å²) in [5.41, 5.74) is -2.82. The van der Waals surface area contributed by atoms with E-state index in [-0.39, 0.29) is 12.6 Å². The van der Waals surface area contributed by atoms with Gasteiger partial charge in [0.25, 0.3) is 5.92 Å². The summed E-state index contributed by atoms with van der Waals surface area (Å²) in [5.74, 6) is -6.97. The van der Waals surface area contributed by atoms with Crippen LogP contribution in [0.5, 0.6) is 0 Å². The second-order valence-electron chi connectivity index (χ2n) is 7.28. The highest BCUT2D eigenvalue weighted by Crippen LogP contribution is 2.53. The van der Waals surface area contributed by atoms with Gasteiger partial charge in [-0.3, -0.25) is 4.79 Å². The molecule has 1 saturated carbocycles. The summed E-state index contributed by atoms with van der Waals surface area (Å²) in [7, 11) is 0. The van der Waals surface area contributed by atoms with Crippen LogP contribution in [0.3, 0.4) is 0 Å². The van der Waals surface area contributed by atoms with Gasteiger partial charge in [0.1, 0.15) is 23.1 Å². The van der Waals surface area contributed by atoms with Crippen molar-refractivity contribution in [1.29, 1.82) is 0 Å². The van der Waals surface area contributed by atoms with Crippen LogP contribution in [0.2, 0.25) is 0 Å². The molecule has 0 amide bonds. The van der Waals surface area contributed by atoms with E-state index < -0.39 is 63.6 Å². The number of pyridine rings is 1. The number of halogens is 4. The fourth-order valence-electron chi connectivity index (χ4n) is 3.76. The Balaban J connectivity index is 2.01. The minimum Gasteiger partial charge on any atom is -0.477 e. The van der Waals surface area contributed by atoms with Crippen molar-refractivity contribution in [1.82, 2.24) is 9.88 Å². The lowest BCUT2D eigenvalue weighted by Crippen LogP contribution is -2.49. The van der Waals surface area contributed by atoms with Crippen LogP contribution in [0, 0.1) is 11.6 Å². The number of hydrogen-bond donors (Lipinski definition) is 2. The molecule has 28 heavy (non-hydrogen) atoms. The van der Waals surface area contributed by atoms with Crippen LogP contribution in [0.1, 0.15) is 29.7 Å². The van der Waals surface area contributed by atoms with E-state index >= 15 is 4.39 Å². The zero-order valence-electron chi connectivity index (χ0n) is 14.8. The highest BCUT2D eigenvalue weighted by atomic mass is 19.3. The SMILES string of the molecule is CC1CN(c2c(F)cc3c(=O)c(C(=O)O)cn(C4CC4(F)F)c3c2F)CCN1. The Kier molecular flexibility index (Phi) is 4.14. The normalized spacial score (nSPS) is 23.8. The zero-order valence-corrected chi connectivity index (χ0v) is 14.8. The first kappa shape index (κ1) is 18.7. The Morgan fingerprint density at radius 3 is 2.61 bits per heavy atom. The fraction of sp³-hybridized carbons (Fsp3) is 0.444. The van der Waals surface area contributed by atoms with Crippen molar-refractivity contribution in [3.05, 3.63) is 39.7 Å². The number of aromatic carboxylic acids is 1. The van der Waals surface area contributed by atoms with E-state index in [2.05, 4.69) is 5.32 Å². The lowest BCUT2D eigenvalue weighted by atomic mass is 10.1. The first-order valence-corrected chi connectivity index (χ1v) is 8.78. The average Bonchev–Trinajstić information content (AvgIpc) is 3.23. The number of alkyl halides is 2. The maximum atomic E-state index is 15.4. The molecule has 150 valence electrons. The third-order valence-corrected chi connectivity index (χ3v) is 5.23. The highest BCUT2D eigenvalue weighted by Gasteiger charge is 2.58. The van der Waals surface area contributed by atoms with Gasteiger partial charge in [0.2, 0.25) is 5.43 Å². The molecule has 4 rings (SSSR count). The zero-order chi connectivity index (χ0) is 20.4. The van der Waals surface area contributed by atoms with Gasteiger partial charge in [0, 0.05) is 38.3 Å². The number of benzene rings is 1. The summed E-state index contributed by atoms with van der Waals surface area (Å²) in [4.78, 5) is 25.2. The van der Waals surface area contributed by atoms with Crippen molar-refractivity contribution in [2.75, 3.05) is 24.5 Å². The van der Waals surface area contributed by atoms with Gasteiger partial charge >= 0.3 is 5.97 Å². The second-order valence-corrected chi connectivity index (χ2v) is 7.28. The van der Waals surface area contributed by atoms with Crippen molar-refractivity contribution >= 4 is 22.6 Å². The van der Waals surface area contributed by atoms with Crippen LogP contribution in [0.25, 0.3) is 10.9 Å². The number of anilines is 1. The number of carbonyl (C=O) groups is 1. The average molecular weight is 399 g/mol. The van der Waals surface area contributed by atoms with E-state index in [1.54, 1.807) is 0 Å². The van der Waals surface area contributed by atoms with Gasteiger partial charge in [-0.2, -0.15) is 0 Å². The van der Waals surface area contributed by atoms with Crippen molar-refractivity contribution in [2.24, 2.45) is 0 Å². The standard InChI is InChI=1S/C18H17F4N3O3/c1-8-6-24(3-2-23-8)15-11(19)4-9-14(13(15)20)25(12-5-18(12,21)22)7-10(16(9)26)17(27)28/h4,7-8,12,23H,2-3,5-6H2,1H3,(H,27,28). The number of nitrogens with one attached hydrogen (secondary N) is 1. The molecule has 1 aliphatic carbocycles. The van der Waals surface area contributed by atoms with Crippen LogP contribution in [-0.4, -0.2) is 47.2 Å². The van der Waals surface area contributed by atoms with Gasteiger partial charge in [-0.25, -0.2) is 22.4 Å². The van der Waals surface area contributed by atoms with E-state index in [1.807, 2.05) is 6.92 Å². The molecule has 2 heterocycles. The second kappa shape index (κ2) is 6.20. The number of nitrogens with zero attached hydrogens (tertiary/aromatic N) is 2. The minimum atomic E-state index is -3.15. The molecule has 0 bridgehead atoms. The highest BCUT2D eigenvalue weighted by molar-refractivity contribution is 5.94. The molecule has 0 radical (unpaired) electrons. The molecule has 2 unspecified atom stereocenters. The van der Waals surface area contributed by atoms with E-state index in [4.69, 9.17) is 0 Å². The van der Waals surface area contributed by atoms with Crippen molar-refractivity contribution in [2.45, 2.75) is 31.4 Å². The molecule has 1 aliphatic heterocycles. The molecule has 2 atom stereocenters. The van der Waals surface area contributed by atoms with Gasteiger partial charge < -0.3 is 19.9 Å². The first-order chi connectivity index (χ1) is 13.1. The Hall–Kier alpha value is -2.62. The van der Waals surface area contributed by atoms with Crippen LogP contribution in [0.4, 0.5) is 23.2 Å². The van der Waals surface area contributed by atoms with Crippen LogP contribution >= 0.6 is 0 Å². The van der Waals surface area contributed by atoms with Crippen LogP contribution in [-0.2, 0) is 0 Å². The van der Waals surface area contributed by atoms with Crippen molar-refractivity contribution < 1.29 is 27.5 Å². The van der Waals surface area contributed by atoms with Gasteiger partial charge in [0.05, 0.1) is 10.9 Å². The summed E-state index contributed by atoms with van der Waals surface area (Å²) in [6, 6.07) is -0.789. The van der Waals surface area contributed by atoms with Crippen molar-refractivity contribution in [3.8, 4) is 0 Å². The molecule has 1 saturated heterocycles.